The molecule has 0 spiro atoms. The Morgan fingerprint density at radius 3 is 1.02 bits per heavy atom. The Morgan fingerprint density at radius 2 is 0.721 bits per heavy atom. The number of rotatable bonds is 20. The molecule has 0 saturated heterocycles. The van der Waals surface area contributed by atoms with Crippen LogP contribution in [0.5, 0.6) is 0 Å². The van der Waals surface area contributed by atoms with Crippen molar-refractivity contribution in [3.63, 3.8) is 0 Å². The van der Waals surface area contributed by atoms with E-state index in [1.165, 1.54) is 78.8 Å². The van der Waals surface area contributed by atoms with E-state index in [1.54, 1.807) is 0 Å². The highest BCUT2D eigenvalue weighted by Crippen LogP contribution is 2.18. The Kier molecular flexibility index (Phi) is 18.5. The monoisotopic (exact) mass is 822 g/mol. The van der Waals surface area contributed by atoms with Crippen LogP contribution in [0.4, 0.5) is 0 Å². The van der Waals surface area contributed by atoms with Gasteiger partial charge in [-0.05, 0) is 151 Å². The Labute approximate surface area is 369 Å². The molecule has 0 aliphatic carbocycles. The van der Waals surface area contributed by atoms with E-state index in [9.17, 15) is 9.00 Å². The Morgan fingerprint density at radius 1 is 0.443 bits per heavy atom. The van der Waals surface area contributed by atoms with Crippen LogP contribution in [0.15, 0.2) is 195 Å². The zero-order valence-corrected chi connectivity index (χ0v) is 37.2. The van der Waals surface area contributed by atoms with Gasteiger partial charge < -0.3 is 0 Å². The smallest absolute Gasteiger partial charge is 0.241 e. The highest BCUT2D eigenvalue weighted by Gasteiger charge is 2.08. The summed E-state index contributed by atoms with van der Waals surface area (Å²) in [4.78, 5) is 11.3. The van der Waals surface area contributed by atoms with Crippen molar-refractivity contribution in [3.05, 3.63) is 262 Å². The molecular formula is C58H62O2S. The first kappa shape index (κ1) is 46.2. The molecule has 0 saturated carbocycles. The molecule has 0 bridgehead atoms. The summed E-state index contributed by atoms with van der Waals surface area (Å²) in [7, 11) is -1.48. The molecule has 61 heavy (non-hydrogen) atoms. The van der Waals surface area contributed by atoms with Crippen LogP contribution in [0.1, 0.15) is 87.0 Å². The summed E-state index contributed by atoms with van der Waals surface area (Å²) in [5, 5.41) is -0.398. The van der Waals surface area contributed by atoms with Gasteiger partial charge in [-0.15, -0.1) is 6.58 Å². The lowest BCUT2D eigenvalue weighted by Gasteiger charge is -2.07. The number of allylic oxidation sites excluding steroid dienone is 3. The molecule has 0 radical (unpaired) electrons. The van der Waals surface area contributed by atoms with Crippen molar-refractivity contribution in [2.45, 2.75) is 78.1 Å². The van der Waals surface area contributed by atoms with Gasteiger partial charge in [-0.25, -0.2) is 0 Å². The summed E-state index contributed by atoms with van der Waals surface area (Å²) >= 11 is 0. The van der Waals surface area contributed by atoms with Crippen LogP contribution in [0.25, 0.3) is 0 Å². The average molecular weight is 823 g/mol. The van der Waals surface area contributed by atoms with Crippen molar-refractivity contribution in [2.75, 3.05) is 5.75 Å². The molecule has 312 valence electrons. The summed E-state index contributed by atoms with van der Waals surface area (Å²) in [5.74, 6) is 0.336. The normalized spacial score (nSPS) is 11.2. The molecule has 3 heteroatoms. The molecule has 6 aromatic carbocycles. The molecule has 0 amide bonds. The average Bonchev–Trinajstić information content (AvgIpc) is 3.26. The fourth-order valence-corrected chi connectivity index (χ4v) is 8.09. The lowest BCUT2D eigenvalue weighted by molar-refractivity contribution is -0.107. The Bertz CT molecular complexity index is 2350. The predicted octanol–water partition coefficient (Wildman–Crippen LogP) is 13.3. The first-order valence-corrected chi connectivity index (χ1v) is 22.8. The minimum atomic E-state index is -1.48. The van der Waals surface area contributed by atoms with E-state index in [2.05, 4.69) is 186 Å². The topological polar surface area (TPSA) is 34.1 Å². The molecule has 0 aromatic heterocycles. The van der Waals surface area contributed by atoms with Crippen molar-refractivity contribution >= 4 is 15.9 Å². The van der Waals surface area contributed by atoms with Crippen LogP contribution in [0.3, 0.4) is 0 Å². The van der Waals surface area contributed by atoms with E-state index in [-0.39, 0.29) is 0 Å². The minimum absolute atomic E-state index is 0.336. The second kappa shape index (κ2) is 24.4. The van der Waals surface area contributed by atoms with Gasteiger partial charge in [-0.3, -0.25) is 9.00 Å². The zero-order valence-electron chi connectivity index (χ0n) is 36.3. The molecule has 0 N–H and O–H groups in total. The lowest BCUT2D eigenvalue weighted by atomic mass is 9.98. The number of carbonyl (C=O) groups excluding carboxylic acids is 1. The van der Waals surface area contributed by atoms with Crippen LogP contribution in [0, 0.1) is 0 Å². The third-order valence-corrected chi connectivity index (χ3v) is 11.8. The highest BCUT2D eigenvalue weighted by atomic mass is 32.2. The SMILES string of the molecule is C=CC(=O)S(=O)CCc1ccc(Cc2ccc(Cc3ccc(CC(=C)C)cc3)cc2)cc1.C=CCc1ccc(CCCc2ccc(Cc3ccc(CC(=C)C)cc3)cc2)cc1. The third kappa shape index (κ3) is 16.6. The molecular weight excluding hydrogens is 761 g/mol. The van der Waals surface area contributed by atoms with Crippen molar-refractivity contribution in [1.82, 2.24) is 0 Å². The number of aryl methyl sites for hydroxylation is 3. The molecule has 6 aromatic rings. The molecule has 2 nitrogen and oxygen atoms in total. The summed E-state index contributed by atoms with van der Waals surface area (Å²) < 4.78 is 11.7. The summed E-state index contributed by atoms with van der Waals surface area (Å²) in [6.07, 6.45) is 12.8. The quantitative estimate of drug-likeness (QED) is 0.0568. The van der Waals surface area contributed by atoms with Gasteiger partial charge in [0.1, 0.15) is 0 Å². The van der Waals surface area contributed by atoms with E-state index in [1.807, 2.05) is 6.08 Å². The van der Waals surface area contributed by atoms with Gasteiger partial charge in [0.15, 0.2) is 0 Å². The van der Waals surface area contributed by atoms with Crippen LogP contribution < -0.4 is 0 Å². The standard InChI is InChI=1S/C29H30O2S.C29H32/c1-4-29(30)32(31)18-17-23-5-7-25(8-6-23)20-27-13-15-28(16-14-27)21-26-11-9-24(10-12-26)19-22(2)3;1-4-6-24-9-11-25(12-10-24)7-5-8-26-13-15-28(16-14-26)22-29-19-17-27(18-20-29)21-23(2)3/h4-16H,1-2,17-21H2,3H3;4,9-20H,1-2,5-8,21-22H2,3H3. The molecule has 1 atom stereocenters. The van der Waals surface area contributed by atoms with Crippen LogP contribution in [-0.2, 0) is 73.4 Å². The fourth-order valence-electron chi connectivity index (χ4n) is 7.29. The van der Waals surface area contributed by atoms with Gasteiger partial charge in [0.05, 0.1) is 10.8 Å². The van der Waals surface area contributed by atoms with Crippen LogP contribution >= 0.6 is 0 Å². The van der Waals surface area contributed by atoms with Gasteiger partial charge in [-0.2, -0.15) is 0 Å². The maximum atomic E-state index is 11.7. The van der Waals surface area contributed by atoms with Gasteiger partial charge in [0, 0.05) is 5.75 Å². The molecule has 0 aliphatic heterocycles. The summed E-state index contributed by atoms with van der Waals surface area (Å²) in [6, 6.07) is 52.9. The lowest BCUT2D eigenvalue weighted by Crippen LogP contribution is -2.09. The molecule has 0 heterocycles. The Balaban J connectivity index is 0.000000232. The molecule has 0 fully saturated rings. The van der Waals surface area contributed by atoms with Crippen LogP contribution in [0.2, 0.25) is 0 Å². The van der Waals surface area contributed by atoms with E-state index in [4.69, 9.17) is 0 Å². The summed E-state index contributed by atoms with van der Waals surface area (Å²) in [5.41, 5.74) is 18.2. The maximum absolute atomic E-state index is 11.7. The zero-order chi connectivity index (χ0) is 43.4. The van der Waals surface area contributed by atoms with E-state index in [0.29, 0.717) is 12.2 Å². The second-order valence-corrected chi connectivity index (χ2v) is 17.9. The van der Waals surface area contributed by atoms with Crippen molar-refractivity contribution < 1.29 is 9.00 Å². The number of hydrogen-bond acceptors (Lipinski definition) is 2. The predicted molar refractivity (Wildman–Crippen MR) is 262 cm³/mol. The molecule has 6 rings (SSSR count). The third-order valence-electron chi connectivity index (χ3n) is 10.7. The van der Waals surface area contributed by atoms with Crippen molar-refractivity contribution in [1.29, 1.82) is 0 Å². The minimum Gasteiger partial charge on any atom is -0.280 e. The van der Waals surface area contributed by atoms with Gasteiger partial charge in [-0.1, -0.05) is 183 Å². The number of carbonyl (C=O) groups is 1. The first-order valence-electron chi connectivity index (χ1n) is 21.5. The van der Waals surface area contributed by atoms with Crippen molar-refractivity contribution in [2.24, 2.45) is 0 Å². The highest BCUT2D eigenvalue weighted by molar-refractivity contribution is 8.00. The van der Waals surface area contributed by atoms with Crippen LogP contribution in [-0.4, -0.2) is 15.1 Å². The maximum Gasteiger partial charge on any atom is 0.241 e. The van der Waals surface area contributed by atoms with E-state index >= 15 is 0 Å². The fraction of sp³-hybridized carbons (Fsp3) is 0.224. The largest absolute Gasteiger partial charge is 0.280 e. The number of hydrogen-bond donors (Lipinski definition) is 0. The van der Waals surface area contributed by atoms with E-state index < -0.39 is 15.9 Å². The molecule has 0 aliphatic rings. The second-order valence-electron chi connectivity index (χ2n) is 16.4. The summed E-state index contributed by atoms with van der Waals surface area (Å²) in [6.45, 7) is 19.3. The van der Waals surface area contributed by atoms with Gasteiger partial charge in [0.25, 0.3) is 0 Å². The van der Waals surface area contributed by atoms with Gasteiger partial charge in [0.2, 0.25) is 5.12 Å². The first-order chi connectivity index (χ1) is 29.5. The Hall–Kier alpha value is -5.90. The van der Waals surface area contributed by atoms with E-state index in [0.717, 1.165) is 63.0 Å². The van der Waals surface area contributed by atoms with Gasteiger partial charge >= 0.3 is 0 Å². The number of benzene rings is 6. The van der Waals surface area contributed by atoms with Crippen molar-refractivity contribution in [3.8, 4) is 0 Å². The molecule has 1 unspecified atom stereocenters.